The summed E-state index contributed by atoms with van der Waals surface area (Å²) in [6, 6.07) is 8.48. The first-order valence-corrected chi connectivity index (χ1v) is 7.74. The van der Waals surface area contributed by atoms with Crippen LogP contribution in [-0.4, -0.2) is 14.7 Å². The Morgan fingerprint density at radius 1 is 1.14 bits per heavy atom. The molecule has 1 N–H and O–H groups in total. The highest BCUT2D eigenvalue weighted by molar-refractivity contribution is 7.92. The molecule has 0 aliphatic rings. The second-order valence-corrected chi connectivity index (χ2v) is 6.43. The number of carbonyl (C=O) groups excluding carboxylic acids is 1. The topological polar surface area (TPSA) is 63.2 Å². The van der Waals surface area contributed by atoms with Gasteiger partial charge >= 0.3 is 0 Å². The Morgan fingerprint density at radius 2 is 1.76 bits per heavy atom. The third kappa shape index (κ3) is 3.22. The van der Waals surface area contributed by atoms with E-state index in [-0.39, 0.29) is 16.1 Å². The summed E-state index contributed by atoms with van der Waals surface area (Å²) in [5, 5.41) is -0.422. The van der Waals surface area contributed by atoms with E-state index in [4.69, 9.17) is 11.6 Å². The second kappa shape index (κ2) is 5.83. The molecule has 4 nitrogen and oxygen atoms in total. The smallest absolute Gasteiger partial charge is 0.261 e. The number of aldehydes is 1. The number of sulfonamides is 1. The van der Waals surface area contributed by atoms with Crippen molar-refractivity contribution in [3.8, 4) is 0 Å². The number of anilines is 1. The average molecular weight is 328 g/mol. The van der Waals surface area contributed by atoms with E-state index in [2.05, 4.69) is 4.72 Å². The largest absolute Gasteiger partial charge is 0.298 e. The van der Waals surface area contributed by atoms with Crippen molar-refractivity contribution in [2.45, 2.75) is 11.8 Å². The van der Waals surface area contributed by atoms with Crippen molar-refractivity contribution in [1.82, 2.24) is 0 Å². The van der Waals surface area contributed by atoms with Crippen LogP contribution in [0.3, 0.4) is 0 Å². The molecule has 0 heterocycles. The zero-order valence-electron chi connectivity index (χ0n) is 10.9. The standard InChI is InChI=1S/C14H11ClFNO3S/c1-9-2-5-11(6-3-9)21(19,20)17-12-7-4-10(8-18)13(15)14(12)16/h2-8,17H,1H3. The maximum atomic E-state index is 13.9. The molecule has 21 heavy (non-hydrogen) atoms. The summed E-state index contributed by atoms with van der Waals surface area (Å²) in [7, 11) is -3.93. The molecule has 110 valence electrons. The van der Waals surface area contributed by atoms with Crippen LogP contribution >= 0.6 is 11.6 Å². The molecule has 0 aliphatic heterocycles. The minimum atomic E-state index is -3.93. The molecule has 2 aromatic rings. The van der Waals surface area contributed by atoms with Crippen molar-refractivity contribution in [2.24, 2.45) is 0 Å². The molecule has 0 radical (unpaired) electrons. The van der Waals surface area contributed by atoms with Gasteiger partial charge in [-0.2, -0.15) is 0 Å². The highest BCUT2D eigenvalue weighted by atomic mass is 35.5. The Bertz CT molecular complexity index is 789. The summed E-state index contributed by atoms with van der Waals surface area (Å²) < 4.78 is 40.3. The fourth-order valence-electron chi connectivity index (χ4n) is 1.66. The van der Waals surface area contributed by atoms with Crippen LogP contribution in [-0.2, 0) is 10.0 Å². The average Bonchev–Trinajstić information content (AvgIpc) is 2.44. The van der Waals surface area contributed by atoms with Crippen molar-refractivity contribution >= 4 is 33.6 Å². The maximum Gasteiger partial charge on any atom is 0.261 e. The molecule has 2 aromatic carbocycles. The summed E-state index contributed by atoms with van der Waals surface area (Å²) in [4.78, 5) is 10.6. The fourth-order valence-corrected chi connectivity index (χ4v) is 2.92. The lowest BCUT2D eigenvalue weighted by Crippen LogP contribution is -2.14. The van der Waals surface area contributed by atoms with Crippen molar-refractivity contribution in [3.05, 3.63) is 58.4 Å². The maximum absolute atomic E-state index is 13.9. The fraction of sp³-hybridized carbons (Fsp3) is 0.0714. The molecule has 0 fully saturated rings. The summed E-state index contributed by atoms with van der Waals surface area (Å²) in [6.45, 7) is 1.82. The molecule has 0 aromatic heterocycles. The van der Waals surface area contributed by atoms with Gasteiger partial charge in [-0.25, -0.2) is 12.8 Å². The van der Waals surface area contributed by atoms with Gasteiger partial charge in [0.1, 0.15) is 0 Å². The Balaban J connectivity index is 2.39. The first kappa shape index (κ1) is 15.5. The van der Waals surface area contributed by atoms with Crippen molar-refractivity contribution in [1.29, 1.82) is 0 Å². The lowest BCUT2D eigenvalue weighted by molar-refractivity contribution is 0.112. The second-order valence-electron chi connectivity index (χ2n) is 4.37. The Labute approximate surface area is 126 Å². The van der Waals surface area contributed by atoms with Crippen LogP contribution in [0, 0.1) is 12.7 Å². The first-order valence-electron chi connectivity index (χ1n) is 5.88. The highest BCUT2D eigenvalue weighted by Crippen LogP contribution is 2.27. The van der Waals surface area contributed by atoms with Gasteiger partial charge in [-0.15, -0.1) is 0 Å². The van der Waals surface area contributed by atoms with Crippen LogP contribution in [0.15, 0.2) is 41.3 Å². The van der Waals surface area contributed by atoms with E-state index in [9.17, 15) is 17.6 Å². The predicted octanol–water partition coefficient (Wildman–Crippen LogP) is 3.40. The Kier molecular flexibility index (Phi) is 4.29. The summed E-state index contributed by atoms with van der Waals surface area (Å²) >= 11 is 5.65. The van der Waals surface area contributed by atoms with Gasteiger partial charge < -0.3 is 0 Å². The Morgan fingerprint density at radius 3 is 2.33 bits per heavy atom. The van der Waals surface area contributed by atoms with Crippen LogP contribution < -0.4 is 4.72 Å². The molecular weight excluding hydrogens is 317 g/mol. The van der Waals surface area contributed by atoms with Crippen LogP contribution in [0.2, 0.25) is 5.02 Å². The molecule has 0 unspecified atom stereocenters. The van der Waals surface area contributed by atoms with Crippen molar-refractivity contribution < 1.29 is 17.6 Å². The van der Waals surface area contributed by atoms with Crippen LogP contribution in [0.5, 0.6) is 0 Å². The number of carbonyl (C=O) groups is 1. The monoisotopic (exact) mass is 327 g/mol. The van der Waals surface area contributed by atoms with E-state index in [1.54, 1.807) is 12.1 Å². The number of rotatable bonds is 4. The zero-order valence-corrected chi connectivity index (χ0v) is 12.5. The molecule has 0 amide bonds. The third-order valence-corrected chi connectivity index (χ3v) is 4.58. The normalized spacial score (nSPS) is 11.2. The quantitative estimate of drug-likeness (QED) is 0.875. The molecule has 0 saturated carbocycles. The van der Waals surface area contributed by atoms with Gasteiger partial charge in [0.15, 0.2) is 12.1 Å². The minimum absolute atomic E-state index is 0.00286. The van der Waals surface area contributed by atoms with E-state index in [0.717, 1.165) is 11.6 Å². The van der Waals surface area contributed by atoms with E-state index in [1.807, 2.05) is 6.92 Å². The SMILES string of the molecule is Cc1ccc(S(=O)(=O)Nc2ccc(C=O)c(Cl)c2F)cc1. The van der Waals surface area contributed by atoms with Gasteiger partial charge in [0.2, 0.25) is 0 Å². The van der Waals surface area contributed by atoms with E-state index in [1.165, 1.54) is 18.2 Å². The lowest BCUT2D eigenvalue weighted by atomic mass is 10.2. The van der Waals surface area contributed by atoms with Gasteiger partial charge in [0, 0.05) is 5.56 Å². The van der Waals surface area contributed by atoms with E-state index < -0.39 is 20.9 Å². The predicted molar refractivity (Wildman–Crippen MR) is 78.8 cm³/mol. The van der Waals surface area contributed by atoms with Gasteiger partial charge in [0.25, 0.3) is 10.0 Å². The highest BCUT2D eigenvalue weighted by Gasteiger charge is 2.18. The van der Waals surface area contributed by atoms with Crippen LogP contribution in [0.25, 0.3) is 0 Å². The number of hydrogen-bond donors (Lipinski definition) is 1. The molecule has 0 aliphatic carbocycles. The number of halogens is 2. The minimum Gasteiger partial charge on any atom is -0.298 e. The van der Waals surface area contributed by atoms with Gasteiger partial charge in [-0.1, -0.05) is 29.3 Å². The van der Waals surface area contributed by atoms with Crippen LogP contribution in [0.1, 0.15) is 15.9 Å². The molecule has 0 atom stereocenters. The van der Waals surface area contributed by atoms with Gasteiger partial charge in [-0.05, 0) is 31.2 Å². The lowest BCUT2D eigenvalue weighted by Gasteiger charge is -2.10. The summed E-state index contributed by atoms with van der Waals surface area (Å²) in [6.07, 6.45) is 0.393. The summed E-state index contributed by atoms with van der Waals surface area (Å²) in [5.41, 5.74) is 0.539. The summed E-state index contributed by atoms with van der Waals surface area (Å²) in [5.74, 6) is -0.989. The van der Waals surface area contributed by atoms with E-state index in [0.29, 0.717) is 6.29 Å². The first-order chi connectivity index (χ1) is 9.85. The molecular formula is C14H11ClFNO3S. The van der Waals surface area contributed by atoms with Gasteiger partial charge in [0.05, 0.1) is 15.6 Å². The Hall–Kier alpha value is -1.92. The zero-order chi connectivity index (χ0) is 15.6. The number of hydrogen-bond acceptors (Lipinski definition) is 3. The molecule has 2 rings (SSSR count). The number of aryl methyl sites for hydroxylation is 1. The van der Waals surface area contributed by atoms with Crippen LogP contribution in [0.4, 0.5) is 10.1 Å². The number of benzene rings is 2. The molecule has 0 bridgehead atoms. The molecule has 7 heteroatoms. The third-order valence-electron chi connectivity index (χ3n) is 2.81. The molecule has 0 spiro atoms. The molecule has 0 saturated heterocycles. The van der Waals surface area contributed by atoms with Gasteiger partial charge in [-0.3, -0.25) is 9.52 Å². The van der Waals surface area contributed by atoms with E-state index >= 15 is 0 Å². The number of nitrogens with one attached hydrogen (secondary N) is 1. The van der Waals surface area contributed by atoms with Crippen molar-refractivity contribution in [3.63, 3.8) is 0 Å². The van der Waals surface area contributed by atoms with Crippen molar-refractivity contribution in [2.75, 3.05) is 4.72 Å².